The number of sulfone groups is 1. The second kappa shape index (κ2) is 14.5. The van der Waals surface area contributed by atoms with Crippen molar-refractivity contribution < 1.29 is 31.9 Å². The Morgan fingerprint density at radius 1 is 1.00 bits per heavy atom. The molecule has 58 heavy (non-hydrogen) atoms. The third-order valence-corrected chi connectivity index (χ3v) is 12.6. The Kier molecular flexibility index (Phi) is 9.26. The van der Waals surface area contributed by atoms with E-state index in [9.17, 15) is 22.8 Å². The first-order chi connectivity index (χ1) is 27.9. The molecule has 1 saturated heterocycles. The lowest BCUT2D eigenvalue weighted by Gasteiger charge is -2.36. The van der Waals surface area contributed by atoms with E-state index >= 15 is 4.39 Å². The molecule has 0 atom stereocenters. The van der Waals surface area contributed by atoms with E-state index < -0.39 is 15.7 Å². The van der Waals surface area contributed by atoms with E-state index in [0.29, 0.717) is 47.0 Å². The molecule has 9 rings (SSSR count). The van der Waals surface area contributed by atoms with Gasteiger partial charge in [0.05, 0.1) is 34.3 Å². The number of imide groups is 1. The number of aromatic nitrogens is 6. The molecule has 0 bridgehead atoms. The molecule has 3 aromatic carbocycles. The number of piperidine rings is 1. The Morgan fingerprint density at radius 2 is 1.79 bits per heavy atom. The SMILES string of the molecule is CC(C)Oc1c(-c2cn[nH]c2)ncn2nc(Nc3ccc(S(=O)(=O)c4cccc(CC5CC(c6ccc7c(c6)CN(N6C(=O)CCCC6=O)C7=O)C5)c4)cc3F)nc12. The van der Waals surface area contributed by atoms with E-state index in [1.807, 2.05) is 32.0 Å². The van der Waals surface area contributed by atoms with Crippen LogP contribution in [0.2, 0.25) is 0 Å². The normalized spacial score (nSPS) is 18.2. The maximum Gasteiger partial charge on any atom is 0.273 e. The summed E-state index contributed by atoms with van der Waals surface area (Å²) in [5.74, 6) is -0.826. The van der Waals surface area contributed by atoms with E-state index in [1.54, 1.807) is 30.6 Å². The molecule has 15 nitrogen and oxygen atoms in total. The molecule has 5 heterocycles. The summed E-state index contributed by atoms with van der Waals surface area (Å²) in [6, 6.07) is 16.1. The Morgan fingerprint density at radius 3 is 2.53 bits per heavy atom. The summed E-state index contributed by atoms with van der Waals surface area (Å²) in [6.45, 7) is 3.92. The van der Waals surface area contributed by atoms with Gasteiger partial charge in [0.15, 0.2) is 5.75 Å². The molecule has 3 amide bonds. The summed E-state index contributed by atoms with van der Waals surface area (Å²) in [6.07, 6.45) is 7.96. The van der Waals surface area contributed by atoms with Gasteiger partial charge in [0.2, 0.25) is 33.2 Å². The summed E-state index contributed by atoms with van der Waals surface area (Å²) >= 11 is 0. The van der Waals surface area contributed by atoms with Gasteiger partial charge in [-0.05, 0) is 104 Å². The first kappa shape index (κ1) is 37.1. The largest absolute Gasteiger partial charge is 0.485 e. The highest BCUT2D eigenvalue weighted by molar-refractivity contribution is 7.91. The van der Waals surface area contributed by atoms with Gasteiger partial charge in [-0.2, -0.15) is 19.6 Å². The average Bonchev–Trinajstić information content (AvgIpc) is 3.93. The number of H-pyrrole nitrogens is 1. The molecule has 1 saturated carbocycles. The Balaban J connectivity index is 0.856. The summed E-state index contributed by atoms with van der Waals surface area (Å²) in [5, 5.41) is 16.2. The van der Waals surface area contributed by atoms with Crippen molar-refractivity contribution in [2.45, 2.75) is 80.7 Å². The van der Waals surface area contributed by atoms with Gasteiger partial charge >= 0.3 is 0 Å². The fourth-order valence-corrected chi connectivity index (χ4v) is 9.28. The molecule has 6 aromatic rings. The summed E-state index contributed by atoms with van der Waals surface area (Å²) in [4.78, 5) is 46.9. The van der Waals surface area contributed by atoms with Crippen molar-refractivity contribution in [1.82, 2.24) is 39.8 Å². The number of rotatable bonds is 11. The van der Waals surface area contributed by atoms with Crippen LogP contribution in [0, 0.1) is 11.7 Å². The van der Waals surface area contributed by atoms with Crippen molar-refractivity contribution in [3.05, 3.63) is 107 Å². The lowest BCUT2D eigenvalue weighted by atomic mass is 9.69. The second-order valence-electron chi connectivity index (χ2n) is 15.2. The Labute approximate surface area is 332 Å². The van der Waals surface area contributed by atoms with Crippen LogP contribution in [0.25, 0.3) is 16.9 Å². The summed E-state index contributed by atoms with van der Waals surface area (Å²) in [7, 11) is -4.06. The molecule has 2 N–H and O–H groups in total. The van der Waals surface area contributed by atoms with Gasteiger partial charge in [-0.25, -0.2) is 22.8 Å². The molecule has 17 heteroatoms. The van der Waals surface area contributed by atoms with Crippen molar-refractivity contribution in [3.63, 3.8) is 0 Å². The van der Waals surface area contributed by atoms with Crippen LogP contribution >= 0.6 is 0 Å². The van der Waals surface area contributed by atoms with E-state index in [4.69, 9.17) is 4.74 Å². The predicted molar refractivity (Wildman–Crippen MR) is 207 cm³/mol. The number of ether oxygens (including phenoxy) is 1. The quantitative estimate of drug-likeness (QED) is 0.143. The minimum atomic E-state index is -4.06. The van der Waals surface area contributed by atoms with E-state index in [0.717, 1.165) is 40.6 Å². The number of hydrazine groups is 1. The molecule has 296 valence electrons. The molecule has 3 aromatic heterocycles. The van der Waals surface area contributed by atoms with E-state index in [1.165, 1.54) is 34.1 Å². The first-order valence-corrected chi connectivity index (χ1v) is 20.5. The van der Waals surface area contributed by atoms with Crippen LogP contribution in [0.15, 0.2) is 89.2 Å². The fourth-order valence-electron chi connectivity index (χ4n) is 7.94. The van der Waals surface area contributed by atoms with Gasteiger partial charge < -0.3 is 10.1 Å². The highest BCUT2D eigenvalue weighted by Gasteiger charge is 2.40. The van der Waals surface area contributed by atoms with Crippen LogP contribution in [0.3, 0.4) is 0 Å². The van der Waals surface area contributed by atoms with Gasteiger partial charge in [0, 0.05) is 30.2 Å². The van der Waals surface area contributed by atoms with E-state index in [2.05, 4.69) is 30.6 Å². The summed E-state index contributed by atoms with van der Waals surface area (Å²) < 4.78 is 50.5. The summed E-state index contributed by atoms with van der Waals surface area (Å²) in [5.41, 5.74) is 4.78. The highest BCUT2D eigenvalue weighted by atomic mass is 32.2. The molecule has 0 spiro atoms. The maximum atomic E-state index is 15.6. The maximum absolute atomic E-state index is 15.6. The van der Waals surface area contributed by atoms with Crippen LogP contribution in [0.5, 0.6) is 5.75 Å². The zero-order valence-corrected chi connectivity index (χ0v) is 32.4. The van der Waals surface area contributed by atoms with Gasteiger partial charge in [-0.15, -0.1) is 5.10 Å². The van der Waals surface area contributed by atoms with Crippen molar-refractivity contribution in [3.8, 4) is 17.0 Å². The van der Waals surface area contributed by atoms with Crippen LogP contribution in [0.4, 0.5) is 16.0 Å². The van der Waals surface area contributed by atoms with Crippen molar-refractivity contribution >= 4 is 44.8 Å². The Bertz CT molecular complexity index is 2710. The number of nitrogens with one attached hydrogen (secondary N) is 2. The highest BCUT2D eigenvalue weighted by Crippen LogP contribution is 2.44. The van der Waals surface area contributed by atoms with Gasteiger partial charge in [0.1, 0.15) is 17.8 Å². The molecule has 2 fully saturated rings. The monoisotopic (exact) mass is 803 g/mol. The third kappa shape index (κ3) is 6.74. The Hall–Kier alpha value is -6.49. The van der Waals surface area contributed by atoms with Gasteiger partial charge in [-0.1, -0.05) is 24.3 Å². The zero-order valence-electron chi connectivity index (χ0n) is 31.6. The number of aromatic amines is 1. The minimum Gasteiger partial charge on any atom is -0.485 e. The number of hydrogen-bond donors (Lipinski definition) is 2. The van der Waals surface area contributed by atoms with Crippen LogP contribution < -0.4 is 10.1 Å². The number of anilines is 2. The number of nitrogens with zero attached hydrogens (tertiary/aromatic N) is 7. The zero-order chi connectivity index (χ0) is 40.3. The first-order valence-electron chi connectivity index (χ1n) is 19.0. The van der Waals surface area contributed by atoms with Crippen LogP contribution in [-0.4, -0.2) is 72.0 Å². The average molecular weight is 804 g/mol. The van der Waals surface area contributed by atoms with Crippen LogP contribution in [0.1, 0.15) is 78.9 Å². The van der Waals surface area contributed by atoms with Crippen molar-refractivity contribution in [2.24, 2.45) is 5.92 Å². The molecular formula is C41H38FN9O6S. The number of halogens is 1. The number of amides is 3. The third-order valence-electron chi connectivity index (χ3n) is 10.8. The lowest BCUT2D eigenvalue weighted by Crippen LogP contribution is -2.51. The standard InChI is InChI=1S/C41H38FN9O6S/c1-23(2)57-38-37(29-19-44-45-20-29)43-22-49-39(38)47-41(48-49)46-34-12-10-31(18-33(34)42)58(55,56)30-6-3-5-24(16-30)13-25-14-27(15-25)26-9-11-32-28(17-26)21-50(40(32)54)51-35(52)7-4-8-36(51)53/h3,5-6,9-12,16-20,22-23,25,27H,4,7-8,13-15,21H2,1-2H3,(H,44,45)(H,46,48). The number of benzene rings is 3. The second-order valence-corrected chi connectivity index (χ2v) is 17.1. The molecule has 0 unspecified atom stereocenters. The smallest absolute Gasteiger partial charge is 0.273 e. The van der Waals surface area contributed by atoms with Gasteiger partial charge in [-0.3, -0.25) is 19.5 Å². The number of carbonyl (C=O) groups excluding carboxylic acids is 3. The minimum absolute atomic E-state index is 0.0167. The number of hydrogen-bond acceptors (Lipinski definition) is 11. The van der Waals surface area contributed by atoms with Crippen molar-refractivity contribution in [1.29, 1.82) is 0 Å². The molecular weight excluding hydrogens is 766 g/mol. The number of fused-ring (bicyclic) bond motifs is 2. The lowest BCUT2D eigenvalue weighted by molar-refractivity contribution is -0.163. The van der Waals surface area contributed by atoms with Gasteiger partial charge in [0.25, 0.3) is 5.91 Å². The molecule has 1 aliphatic carbocycles. The topological polar surface area (TPSA) is 185 Å². The van der Waals surface area contributed by atoms with Crippen LogP contribution in [-0.2, 0) is 32.4 Å². The molecule has 2 aliphatic heterocycles. The molecule has 0 radical (unpaired) electrons. The fraction of sp³-hybridized carbons (Fsp3) is 0.293. The van der Waals surface area contributed by atoms with E-state index in [-0.39, 0.29) is 70.6 Å². The predicted octanol–water partition coefficient (Wildman–Crippen LogP) is 6.16. The van der Waals surface area contributed by atoms with Crippen molar-refractivity contribution in [2.75, 3.05) is 5.32 Å². The number of carbonyl (C=O) groups is 3. The molecule has 3 aliphatic rings.